The summed E-state index contributed by atoms with van der Waals surface area (Å²) in [5.41, 5.74) is 7.66. The largest absolute Gasteiger partial charge is 0.491 e. The highest BCUT2D eigenvalue weighted by Gasteiger charge is 2.29. The molecule has 1 aliphatic rings. The minimum absolute atomic E-state index is 0.423. The van der Waals surface area contributed by atoms with E-state index in [4.69, 9.17) is 15.2 Å². The molecular weight excluding hydrogens is 240 g/mol. The van der Waals surface area contributed by atoms with Crippen molar-refractivity contribution < 1.29 is 9.47 Å². The van der Waals surface area contributed by atoms with Crippen LogP contribution in [0.3, 0.4) is 0 Å². The third-order valence-electron chi connectivity index (χ3n) is 3.34. The number of nitrogens with two attached hydrogens (primary N) is 1. The van der Waals surface area contributed by atoms with Crippen LogP contribution in [0.25, 0.3) is 0 Å². The van der Waals surface area contributed by atoms with E-state index < -0.39 is 0 Å². The summed E-state index contributed by atoms with van der Waals surface area (Å²) < 4.78 is 11.2. The van der Waals surface area contributed by atoms with E-state index in [-0.39, 0.29) is 0 Å². The van der Waals surface area contributed by atoms with E-state index in [1.807, 2.05) is 25.1 Å². The number of nitrogens with one attached hydrogen (secondary N) is 1. The van der Waals surface area contributed by atoms with Crippen molar-refractivity contribution in [3.05, 3.63) is 18.2 Å². The van der Waals surface area contributed by atoms with Gasteiger partial charge in [-0.25, -0.2) is 0 Å². The first-order valence-corrected chi connectivity index (χ1v) is 7.13. The second kappa shape index (κ2) is 6.66. The minimum Gasteiger partial charge on any atom is -0.491 e. The maximum Gasteiger partial charge on any atom is 0.144 e. The fraction of sp³-hybridized carbons (Fsp3) is 0.600. The van der Waals surface area contributed by atoms with E-state index in [1.54, 1.807) is 0 Å². The van der Waals surface area contributed by atoms with Gasteiger partial charge < -0.3 is 20.5 Å². The molecular formula is C15H24N2O2. The van der Waals surface area contributed by atoms with Gasteiger partial charge in [0.25, 0.3) is 0 Å². The van der Waals surface area contributed by atoms with E-state index in [2.05, 4.69) is 12.2 Å². The van der Waals surface area contributed by atoms with Gasteiger partial charge in [0.2, 0.25) is 0 Å². The zero-order chi connectivity index (χ0) is 13.7. The molecule has 4 heteroatoms. The Morgan fingerprint density at radius 2 is 2.11 bits per heavy atom. The lowest BCUT2D eigenvalue weighted by Crippen LogP contribution is -2.40. The van der Waals surface area contributed by atoms with Crippen LogP contribution in [0.5, 0.6) is 5.75 Å². The zero-order valence-electron chi connectivity index (χ0n) is 11.8. The second-order valence-corrected chi connectivity index (χ2v) is 4.99. The molecule has 0 spiro atoms. The molecule has 106 valence electrons. The van der Waals surface area contributed by atoms with Gasteiger partial charge in [0.15, 0.2) is 0 Å². The number of nitrogen functional groups attached to an aromatic ring is 1. The summed E-state index contributed by atoms with van der Waals surface area (Å²) >= 11 is 0. The molecule has 0 aromatic heterocycles. The molecule has 0 saturated heterocycles. The van der Waals surface area contributed by atoms with Crippen LogP contribution in [-0.2, 0) is 4.74 Å². The maximum atomic E-state index is 5.90. The van der Waals surface area contributed by atoms with Crippen LogP contribution in [0.1, 0.15) is 33.1 Å². The van der Waals surface area contributed by atoms with Gasteiger partial charge in [0.05, 0.1) is 18.4 Å². The molecule has 19 heavy (non-hydrogen) atoms. The predicted octanol–water partition coefficient (Wildman–Crippen LogP) is 3.04. The van der Waals surface area contributed by atoms with Crippen LogP contribution in [-0.4, -0.2) is 25.4 Å². The van der Waals surface area contributed by atoms with E-state index in [1.165, 1.54) is 0 Å². The average Bonchev–Trinajstić information content (AvgIpc) is 2.36. The zero-order valence-corrected chi connectivity index (χ0v) is 11.8. The lowest BCUT2D eigenvalue weighted by molar-refractivity contribution is 0.00299. The Morgan fingerprint density at radius 3 is 2.79 bits per heavy atom. The van der Waals surface area contributed by atoms with Crippen molar-refractivity contribution in [2.24, 2.45) is 0 Å². The molecule has 0 aliphatic heterocycles. The van der Waals surface area contributed by atoms with Crippen LogP contribution >= 0.6 is 0 Å². The number of anilines is 2. The Balaban J connectivity index is 1.87. The smallest absolute Gasteiger partial charge is 0.144 e. The molecule has 0 heterocycles. The Labute approximate surface area is 115 Å². The summed E-state index contributed by atoms with van der Waals surface area (Å²) in [6, 6.07) is 6.38. The van der Waals surface area contributed by atoms with E-state index in [9.17, 15) is 0 Å². The highest BCUT2D eigenvalue weighted by Crippen LogP contribution is 2.30. The normalized spacial score (nSPS) is 21.8. The molecule has 1 aromatic rings. The van der Waals surface area contributed by atoms with Crippen LogP contribution in [0, 0.1) is 0 Å². The van der Waals surface area contributed by atoms with Gasteiger partial charge >= 0.3 is 0 Å². The van der Waals surface area contributed by atoms with E-state index >= 15 is 0 Å². The number of hydrogen-bond donors (Lipinski definition) is 2. The van der Waals surface area contributed by atoms with Crippen molar-refractivity contribution in [3.8, 4) is 5.75 Å². The maximum absolute atomic E-state index is 5.90. The molecule has 0 atom stereocenters. The van der Waals surface area contributed by atoms with Gasteiger partial charge in [-0.3, -0.25) is 0 Å². The Kier molecular flexibility index (Phi) is 4.91. The molecule has 1 aliphatic carbocycles. The van der Waals surface area contributed by atoms with Crippen LogP contribution in [0.15, 0.2) is 18.2 Å². The summed E-state index contributed by atoms with van der Waals surface area (Å²) in [7, 11) is 0. The van der Waals surface area contributed by atoms with Crippen LogP contribution < -0.4 is 15.8 Å². The molecule has 1 saturated carbocycles. The first-order valence-electron chi connectivity index (χ1n) is 7.13. The molecule has 0 radical (unpaired) electrons. The van der Waals surface area contributed by atoms with E-state index in [0.29, 0.717) is 24.4 Å². The average molecular weight is 264 g/mol. The minimum atomic E-state index is 0.423. The Hall–Kier alpha value is -1.42. The fourth-order valence-electron chi connectivity index (χ4n) is 2.25. The monoisotopic (exact) mass is 264 g/mol. The summed E-state index contributed by atoms with van der Waals surface area (Å²) in [6.07, 6.45) is 3.55. The van der Waals surface area contributed by atoms with Gasteiger partial charge in [-0.1, -0.05) is 6.92 Å². The number of benzene rings is 1. The third-order valence-corrected chi connectivity index (χ3v) is 3.34. The molecule has 1 aromatic carbocycles. The fourth-order valence-corrected chi connectivity index (χ4v) is 2.25. The first-order chi connectivity index (χ1) is 9.22. The Morgan fingerprint density at radius 1 is 1.32 bits per heavy atom. The van der Waals surface area contributed by atoms with E-state index in [0.717, 1.165) is 37.3 Å². The van der Waals surface area contributed by atoms with Gasteiger partial charge in [-0.15, -0.1) is 0 Å². The highest BCUT2D eigenvalue weighted by molar-refractivity contribution is 5.61. The highest BCUT2D eigenvalue weighted by atomic mass is 16.5. The van der Waals surface area contributed by atoms with Crippen molar-refractivity contribution >= 4 is 11.4 Å². The lowest BCUT2D eigenvalue weighted by Gasteiger charge is -2.36. The van der Waals surface area contributed by atoms with Crippen molar-refractivity contribution in [3.63, 3.8) is 0 Å². The number of ether oxygens (including phenoxy) is 2. The summed E-state index contributed by atoms with van der Waals surface area (Å²) in [6.45, 7) is 5.62. The number of hydrogen-bond acceptors (Lipinski definition) is 4. The SMILES string of the molecule is CCCOc1cc(NC2CC(OCC)C2)ccc1N. The van der Waals surface area contributed by atoms with Gasteiger partial charge in [-0.2, -0.15) is 0 Å². The topological polar surface area (TPSA) is 56.5 Å². The van der Waals surface area contributed by atoms with Gasteiger partial charge in [0, 0.05) is 24.4 Å². The molecule has 0 unspecified atom stereocenters. The second-order valence-electron chi connectivity index (χ2n) is 4.99. The standard InChI is InChI=1S/C15H24N2O2/c1-3-7-19-15-10-11(5-6-14(15)16)17-12-8-13(9-12)18-4-2/h5-6,10,12-13,17H,3-4,7-9,16H2,1-2H3. The predicted molar refractivity (Wildman–Crippen MR) is 78.7 cm³/mol. The van der Waals surface area contributed by atoms with Gasteiger partial charge in [-0.05, 0) is 38.3 Å². The molecule has 1 fully saturated rings. The van der Waals surface area contributed by atoms with Crippen molar-refractivity contribution in [1.29, 1.82) is 0 Å². The quantitative estimate of drug-likeness (QED) is 0.743. The Bertz CT molecular complexity index is 403. The van der Waals surface area contributed by atoms with Crippen LogP contribution in [0.2, 0.25) is 0 Å². The van der Waals surface area contributed by atoms with Crippen molar-refractivity contribution in [1.82, 2.24) is 0 Å². The molecule has 0 bridgehead atoms. The van der Waals surface area contributed by atoms with Crippen molar-refractivity contribution in [2.45, 2.75) is 45.3 Å². The molecule has 2 rings (SSSR count). The summed E-state index contributed by atoms with van der Waals surface area (Å²) in [4.78, 5) is 0. The molecule has 3 N–H and O–H groups in total. The third kappa shape index (κ3) is 3.77. The first kappa shape index (κ1) is 14.0. The molecule has 4 nitrogen and oxygen atoms in total. The van der Waals surface area contributed by atoms with Crippen LogP contribution in [0.4, 0.5) is 11.4 Å². The van der Waals surface area contributed by atoms with Crippen molar-refractivity contribution in [2.75, 3.05) is 24.3 Å². The summed E-state index contributed by atoms with van der Waals surface area (Å²) in [5, 5.41) is 3.50. The lowest BCUT2D eigenvalue weighted by atomic mass is 9.89. The van der Waals surface area contributed by atoms with Gasteiger partial charge in [0.1, 0.15) is 5.75 Å². The summed E-state index contributed by atoms with van der Waals surface area (Å²) in [5.74, 6) is 0.771. The molecule has 0 amide bonds. The number of rotatable bonds is 7.